The van der Waals surface area contributed by atoms with Gasteiger partial charge in [0.05, 0.1) is 5.56 Å². The van der Waals surface area contributed by atoms with Gasteiger partial charge in [-0.1, -0.05) is 36.4 Å². The Bertz CT molecular complexity index is 989. The number of benzene rings is 2. The third-order valence-electron chi connectivity index (χ3n) is 5.20. The van der Waals surface area contributed by atoms with Gasteiger partial charge in [0.15, 0.2) is 6.61 Å². The molecule has 0 saturated carbocycles. The summed E-state index contributed by atoms with van der Waals surface area (Å²) in [5.41, 5.74) is 2.61. The predicted octanol–water partition coefficient (Wildman–Crippen LogP) is 2.68. The van der Waals surface area contributed by atoms with Gasteiger partial charge in [-0.05, 0) is 18.2 Å². The van der Waals surface area contributed by atoms with E-state index in [2.05, 4.69) is 17.0 Å². The molecular formula is C22H23N3O3. The highest BCUT2D eigenvalue weighted by Gasteiger charge is 2.23. The van der Waals surface area contributed by atoms with Crippen molar-refractivity contribution in [2.75, 3.05) is 37.7 Å². The Hall–Kier alpha value is -3.28. The predicted molar refractivity (Wildman–Crippen MR) is 108 cm³/mol. The van der Waals surface area contributed by atoms with Crippen molar-refractivity contribution in [3.05, 3.63) is 66.4 Å². The van der Waals surface area contributed by atoms with Crippen LogP contribution in [0.4, 0.5) is 5.69 Å². The third-order valence-corrected chi connectivity index (χ3v) is 5.20. The molecule has 0 N–H and O–H groups in total. The molecule has 0 bridgehead atoms. The lowest BCUT2D eigenvalue weighted by Crippen LogP contribution is -2.49. The van der Waals surface area contributed by atoms with E-state index < -0.39 is 5.97 Å². The summed E-state index contributed by atoms with van der Waals surface area (Å²) < 4.78 is 7.20. The van der Waals surface area contributed by atoms with E-state index in [0.717, 1.165) is 29.7 Å². The first-order valence-corrected chi connectivity index (χ1v) is 9.42. The monoisotopic (exact) mass is 377 g/mol. The number of para-hydroxylation sites is 2. The van der Waals surface area contributed by atoms with E-state index in [1.807, 2.05) is 54.1 Å². The van der Waals surface area contributed by atoms with Crippen molar-refractivity contribution >= 4 is 28.5 Å². The molecule has 1 aliphatic rings. The zero-order valence-corrected chi connectivity index (χ0v) is 15.9. The van der Waals surface area contributed by atoms with Gasteiger partial charge in [-0.2, -0.15) is 0 Å². The van der Waals surface area contributed by atoms with Crippen LogP contribution in [0.1, 0.15) is 10.4 Å². The summed E-state index contributed by atoms with van der Waals surface area (Å²) in [5.74, 6) is -0.616. The first-order chi connectivity index (χ1) is 13.6. The minimum absolute atomic E-state index is 0.152. The van der Waals surface area contributed by atoms with Crippen LogP contribution in [0.2, 0.25) is 0 Å². The van der Waals surface area contributed by atoms with E-state index in [-0.39, 0.29) is 12.5 Å². The highest BCUT2D eigenvalue weighted by atomic mass is 16.5. The molecule has 1 fully saturated rings. The summed E-state index contributed by atoms with van der Waals surface area (Å²) in [6.07, 6.45) is 1.75. The van der Waals surface area contributed by atoms with Gasteiger partial charge in [-0.3, -0.25) is 4.79 Å². The summed E-state index contributed by atoms with van der Waals surface area (Å²) in [6.45, 7) is 2.56. The maximum absolute atomic E-state index is 12.5. The number of esters is 1. The van der Waals surface area contributed by atoms with E-state index in [4.69, 9.17) is 4.74 Å². The Morgan fingerprint density at radius 3 is 2.36 bits per heavy atom. The number of aryl methyl sites for hydroxylation is 1. The van der Waals surface area contributed by atoms with Gasteiger partial charge < -0.3 is 19.1 Å². The lowest BCUT2D eigenvalue weighted by Gasteiger charge is -2.36. The molecule has 0 aliphatic carbocycles. The van der Waals surface area contributed by atoms with Gasteiger partial charge in [-0.15, -0.1) is 0 Å². The SMILES string of the molecule is Cn1cc(C(=O)OCC(=O)N2CCN(c3ccccc3)CC2)c2ccccc21. The number of aromatic nitrogens is 1. The van der Waals surface area contributed by atoms with Gasteiger partial charge in [0, 0.05) is 56.0 Å². The van der Waals surface area contributed by atoms with Crippen LogP contribution >= 0.6 is 0 Å². The van der Waals surface area contributed by atoms with Gasteiger partial charge in [0.1, 0.15) is 0 Å². The molecule has 6 heteroatoms. The topological polar surface area (TPSA) is 54.8 Å². The van der Waals surface area contributed by atoms with Crippen molar-refractivity contribution in [2.24, 2.45) is 7.05 Å². The number of amides is 1. The minimum Gasteiger partial charge on any atom is -0.452 e. The second-order valence-corrected chi connectivity index (χ2v) is 6.95. The van der Waals surface area contributed by atoms with Crippen molar-refractivity contribution in [3.8, 4) is 0 Å². The average molecular weight is 377 g/mol. The van der Waals surface area contributed by atoms with Crippen LogP contribution in [0, 0.1) is 0 Å². The molecule has 6 nitrogen and oxygen atoms in total. The Morgan fingerprint density at radius 2 is 1.61 bits per heavy atom. The molecule has 3 aromatic rings. The fourth-order valence-electron chi connectivity index (χ4n) is 3.65. The molecule has 144 valence electrons. The van der Waals surface area contributed by atoms with Crippen LogP contribution in [0.5, 0.6) is 0 Å². The number of rotatable bonds is 4. The molecule has 4 rings (SSSR count). The fraction of sp³-hybridized carbons (Fsp3) is 0.273. The fourth-order valence-corrected chi connectivity index (χ4v) is 3.65. The van der Waals surface area contributed by atoms with Crippen molar-refractivity contribution in [1.82, 2.24) is 9.47 Å². The van der Waals surface area contributed by atoms with E-state index >= 15 is 0 Å². The number of hydrogen-bond donors (Lipinski definition) is 0. The number of piperazine rings is 1. The van der Waals surface area contributed by atoms with Crippen molar-refractivity contribution in [1.29, 1.82) is 0 Å². The molecular weight excluding hydrogens is 354 g/mol. The molecule has 2 aromatic carbocycles. The maximum Gasteiger partial charge on any atom is 0.340 e. The molecule has 0 spiro atoms. The normalized spacial score (nSPS) is 14.3. The van der Waals surface area contributed by atoms with E-state index in [1.54, 1.807) is 11.1 Å². The Morgan fingerprint density at radius 1 is 0.929 bits per heavy atom. The summed E-state index contributed by atoms with van der Waals surface area (Å²) in [4.78, 5) is 29.0. The van der Waals surface area contributed by atoms with Gasteiger partial charge in [-0.25, -0.2) is 4.79 Å². The van der Waals surface area contributed by atoms with Crippen LogP contribution < -0.4 is 4.90 Å². The standard InChI is InChI=1S/C22H23N3O3/c1-23-15-19(18-9-5-6-10-20(18)23)22(27)28-16-21(26)25-13-11-24(12-14-25)17-7-3-2-4-8-17/h2-10,15H,11-14,16H2,1H3. The summed E-state index contributed by atoms with van der Waals surface area (Å²) in [5, 5.41) is 0.832. The van der Waals surface area contributed by atoms with Gasteiger partial charge >= 0.3 is 5.97 Å². The molecule has 28 heavy (non-hydrogen) atoms. The van der Waals surface area contributed by atoms with Crippen LogP contribution in [0.25, 0.3) is 10.9 Å². The lowest BCUT2D eigenvalue weighted by molar-refractivity contribution is -0.134. The summed E-state index contributed by atoms with van der Waals surface area (Å²) in [6, 6.07) is 17.8. The maximum atomic E-state index is 12.5. The molecule has 1 aromatic heterocycles. The average Bonchev–Trinajstić information content (AvgIpc) is 3.09. The van der Waals surface area contributed by atoms with Crippen molar-refractivity contribution < 1.29 is 14.3 Å². The minimum atomic E-state index is -0.465. The number of ether oxygens (including phenoxy) is 1. The van der Waals surface area contributed by atoms with Crippen LogP contribution in [-0.2, 0) is 16.6 Å². The lowest BCUT2D eigenvalue weighted by atomic mass is 10.2. The van der Waals surface area contributed by atoms with Crippen LogP contribution in [-0.4, -0.2) is 54.1 Å². The summed E-state index contributed by atoms with van der Waals surface area (Å²) in [7, 11) is 1.89. The summed E-state index contributed by atoms with van der Waals surface area (Å²) >= 11 is 0. The molecule has 1 aliphatic heterocycles. The molecule has 1 amide bonds. The Kier molecular flexibility index (Phi) is 5.02. The Labute approximate surface area is 163 Å². The molecule has 1 saturated heterocycles. The number of carbonyl (C=O) groups is 2. The molecule has 0 atom stereocenters. The quantitative estimate of drug-likeness (QED) is 0.656. The number of hydrogen-bond acceptors (Lipinski definition) is 4. The van der Waals surface area contributed by atoms with E-state index in [9.17, 15) is 9.59 Å². The first kappa shape index (κ1) is 18.1. The number of carbonyl (C=O) groups excluding carboxylic acids is 2. The number of fused-ring (bicyclic) bond motifs is 1. The number of anilines is 1. The largest absolute Gasteiger partial charge is 0.452 e. The highest BCUT2D eigenvalue weighted by molar-refractivity contribution is 6.04. The second kappa shape index (κ2) is 7.76. The molecule has 0 unspecified atom stereocenters. The smallest absolute Gasteiger partial charge is 0.340 e. The van der Waals surface area contributed by atoms with E-state index in [0.29, 0.717) is 18.7 Å². The van der Waals surface area contributed by atoms with Crippen LogP contribution in [0.15, 0.2) is 60.8 Å². The zero-order valence-electron chi connectivity index (χ0n) is 15.9. The first-order valence-electron chi connectivity index (χ1n) is 9.42. The highest BCUT2D eigenvalue weighted by Crippen LogP contribution is 2.21. The number of nitrogens with zero attached hydrogens (tertiary/aromatic N) is 3. The van der Waals surface area contributed by atoms with Crippen molar-refractivity contribution in [3.63, 3.8) is 0 Å². The van der Waals surface area contributed by atoms with Crippen molar-refractivity contribution in [2.45, 2.75) is 0 Å². The van der Waals surface area contributed by atoms with Gasteiger partial charge in [0.2, 0.25) is 0 Å². The Balaban J connectivity index is 1.33. The molecule has 0 radical (unpaired) electrons. The van der Waals surface area contributed by atoms with Gasteiger partial charge in [0.25, 0.3) is 5.91 Å². The zero-order chi connectivity index (χ0) is 19.5. The van der Waals surface area contributed by atoms with E-state index in [1.165, 1.54) is 0 Å². The second-order valence-electron chi connectivity index (χ2n) is 6.95. The molecule has 2 heterocycles. The van der Waals surface area contributed by atoms with Crippen LogP contribution in [0.3, 0.4) is 0 Å². The third kappa shape index (κ3) is 3.58.